The number of nitrogens with zero attached hydrogens (tertiary/aromatic N) is 5. The van der Waals surface area contributed by atoms with Gasteiger partial charge in [0.2, 0.25) is 5.91 Å². The summed E-state index contributed by atoms with van der Waals surface area (Å²) in [6.07, 6.45) is -0.0303. The molecule has 0 radical (unpaired) electrons. The third-order valence-corrected chi connectivity index (χ3v) is 7.16. The molecule has 244 valence electrons. The van der Waals surface area contributed by atoms with E-state index in [1.807, 2.05) is 0 Å². The summed E-state index contributed by atoms with van der Waals surface area (Å²) >= 11 is 0. The summed E-state index contributed by atoms with van der Waals surface area (Å²) < 4.78 is 81.3. The van der Waals surface area contributed by atoms with Gasteiger partial charge in [-0.1, -0.05) is 13.3 Å². The molecule has 2 atom stereocenters. The number of nitrogens with one attached hydrogen (secondary N) is 1. The molecule has 2 aromatic heterocycles. The Labute approximate surface area is 258 Å². The molecular weight excluding hydrogens is 620 g/mol. The van der Waals surface area contributed by atoms with Crippen molar-refractivity contribution in [2.75, 3.05) is 5.01 Å². The summed E-state index contributed by atoms with van der Waals surface area (Å²) in [5.41, 5.74) is 8.28. The largest absolute Gasteiger partial charge is 0.432 e. The zero-order valence-electron chi connectivity index (χ0n) is 24.2. The van der Waals surface area contributed by atoms with Crippen LogP contribution in [0.2, 0.25) is 0 Å². The lowest BCUT2D eigenvalue weighted by molar-refractivity contribution is -0.123. The normalized spacial score (nSPS) is 19.9. The molecule has 3 aromatic rings. The van der Waals surface area contributed by atoms with E-state index >= 15 is 0 Å². The molecule has 4 rings (SSSR count). The zero-order chi connectivity index (χ0) is 33.8. The van der Waals surface area contributed by atoms with E-state index < -0.39 is 47.7 Å². The number of benzene rings is 1. The monoisotopic (exact) mass is 649 g/mol. The molecule has 2 bridgehead atoms. The molecule has 0 fully saturated rings. The maximum absolute atomic E-state index is 14.1. The van der Waals surface area contributed by atoms with Crippen LogP contribution in [-0.2, 0) is 4.79 Å². The first-order valence-corrected chi connectivity index (χ1v) is 13.7. The molecule has 17 heteroatoms. The molecule has 0 saturated heterocycles. The molecule has 2 unspecified atom stereocenters. The van der Waals surface area contributed by atoms with Gasteiger partial charge in [-0.05, 0) is 43.2 Å². The minimum Gasteiger partial charge on any atom is -0.403 e. The molecule has 1 amide bonds. The first-order chi connectivity index (χ1) is 21.7. The average Bonchev–Trinajstić information content (AvgIpc) is 3.00. The number of nitrogens with two attached hydrogens (primary N) is 3. The van der Waals surface area contributed by atoms with Crippen LogP contribution in [0.1, 0.15) is 43.5 Å². The second-order valence-corrected chi connectivity index (χ2v) is 10.3. The number of hydrogen-bond acceptors (Lipinski definition) is 9. The minimum absolute atomic E-state index is 0.0204. The second kappa shape index (κ2) is 13.8. The highest BCUT2D eigenvalue weighted by molar-refractivity contribution is 6.14. The third-order valence-electron chi connectivity index (χ3n) is 7.16. The molecule has 46 heavy (non-hydrogen) atoms. The van der Waals surface area contributed by atoms with Gasteiger partial charge in [-0.2, -0.15) is 22.0 Å². The number of aliphatic imine (C=N–C) groups is 1. The standard InChI is InChI=1S/C29H29F6N9O2/c1-15-3-2-4-22(20-9-16(7-8-39-20)26(42-28(31)32)21(12-36)41-27(15)46)43-14-40-19(11-25(43)45)18-6-5-17(30)10-23(18)44(38)13-24(37)29(33,34)35/h5-15,22,28H,2-4,36-38H2,1H3,(H,41,46)/b21-12?,24-13-,42-26?. The predicted octanol–water partition coefficient (Wildman–Crippen LogP) is 3.82. The SMILES string of the molecule is CC1CCCC(n2cnc(-c3ccc(F)cc3N(N)/C=C(\N)C(F)(F)F)cc2=O)c2cc(ccn2)C(=NC(F)F)C(=CN)NC1=O. The van der Waals surface area contributed by atoms with Gasteiger partial charge in [0.15, 0.2) is 0 Å². The average molecular weight is 650 g/mol. The summed E-state index contributed by atoms with van der Waals surface area (Å²) in [5.74, 6) is 3.92. The van der Waals surface area contributed by atoms with Gasteiger partial charge in [-0.15, -0.1) is 0 Å². The molecule has 3 heterocycles. The van der Waals surface area contributed by atoms with Crippen LogP contribution in [0.5, 0.6) is 0 Å². The number of fused-ring (bicyclic) bond motifs is 2. The zero-order valence-corrected chi connectivity index (χ0v) is 24.2. The Morgan fingerprint density at radius 1 is 1.15 bits per heavy atom. The first-order valence-electron chi connectivity index (χ1n) is 13.7. The Balaban J connectivity index is 1.81. The van der Waals surface area contributed by atoms with Gasteiger partial charge in [0.1, 0.15) is 11.5 Å². The molecule has 11 nitrogen and oxygen atoms in total. The maximum Gasteiger partial charge on any atom is 0.432 e. The van der Waals surface area contributed by atoms with Gasteiger partial charge >= 0.3 is 12.7 Å². The molecule has 7 N–H and O–H groups in total. The molecule has 0 spiro atoms. The van der Waals surface area contributed by atoms with Crippen LogP contribution in [0.15, 0.2) is 82.5 Å². The van der Waals surface area contributed by atoms with Crippen molar-refractivity contribution in [1.29, 1.82) is 0 Å². The molecule has 1 aliphatic heterocycles. The number of carbonyl (C=O) groups is 1. The van der Waals surface area contributed by atoms with Crippen LogP contribution < -0.4 is 33.2 Å². The van der Waals surface area contributed by atoms with E-state index in [1.165, 1.54) is 35.3 Å². The van der Waals surface area contributed by atoms with Crippen molar-refractivity contribution in [2.24, 2.45) is 28.2 Å². The number of alkyl halides is 5. The van der Waals surface area contributed by atoms with Crippen LogP contribution in [-0.4, -0.2) is 38.9 Å². The smallest absolute Gasteiger partial charge is 0.403 e. The van der Waals surface area contributed by atoms with Crippen molar-refractivity contribution in [1.82, 2.24) is 19.9 Å². The van der Waals surface area contributed by atoms with Crippen LogP contribution >= 0.6 is 0 Å². The van der Waals surface area contributed by atoms with Crippen molar-refractivity contribution in [2.45, 2.75) is 45.0 Å². The Morgan fingerprint density at radius 2 is 1.89 bits per heavy atom. The van der Waals surface area contributed by atoms with Crippen molar-refractivity contribution in [3.05, 3.63) is 100 Å². The van der Waals surface area contributed by atoms with Crippen LogP contribution in [0, 0.1) is 11.7 Å². The van der Waals surface area contributed by atoms with E-state index in [2.05, 4.69) is 20.3 Å². The maximum atomic E-state index is 14.1. The van der Waals surface area contributed by atoms with E-state index in [4.69, 9.17) is 17.3 Å². The lowest BCUT2D eigenvalue weighted by Gasteiger charge is -2.23. The summed E-state index contributed by atoms with van der Waals surface area (Å²) in [6.45, 7) is -1.49. The summed E-state index contributed by atoms with van der Waals surface area (Å²) in [4.78, 5) is 38.4. The van der Waals surface area contributed by atoms with Crippen LogP contribution in [0.3, 0.4) is 0 Å². The number of carbonyl (C=O) groups excluding carboxylic acids is 1. The number of allylic oxidation sites excluding steroid dienone is 2. The van der Waals surface area contributed by atoms with Crippen LogP contribution in [0.25, 0.3) is 11.3 Å². The van der Waals surface area contributed by atoms with E-state index in [9.17, 15) is 35.9 Å². The fraction of sp³-hybridized carbons (Fsp3) is 0.276. The molecule has 1 aromatic carbocycles. The topological polar surface area (TPSA) is 171 Å². The van der Waals surface area contributed by atoms with Gasteiger partial charge in [0.25, 0.3) is 5.56 Å². The Morgan fingerprint density at radius 3 is 2.54 bits per heavy atom. The number of hydrogen-bond donors (Lipinski definition) is 4. The molecule has 0 aliphatic carbocycles. The fourth-order valence-electron chi connectivity index (χ4n) is 4.81. The number of rotatable bonds is 5. The van der Waals surface area contributed by atoms with Crippen molar-refractivity contribution < 1.29 is 31.1 Å². The quantitative estimate of drug-likeness (QED) is 0.140. The van der Waals surface area contributed by atoms with E-state index in [0.717, 1.165) is 24.4 Å². The van der Waals surface area contributed by atoms with Crippen molar-refractivity contribution >= 4 is 17.3 Å². The number of anilines is 1. The fourth-order valence-corrected chi connectivity index (χ4v) is 4.81. The lowest BCUT2D eigenvalue weighted by atomic mass is 9.96. The molecule has 0 saturated carbocycles. The minimum atomic E-state index is -4.90. The van der Waals surface area contributed by atoms with Gasteiger partial charge in [0, 0.05) is 41.7 Å². The van der Waals surface area contributed by atoms with Gasteiger partial charge in [0.05, 0.1) is 40.9 Å². The van der Waals surface area contributed by atoms with E-state index in [-0.39, 0.29) is 46.0 Å². The Kier molecular flexibility index (Phi) is 10.1. The summed E-state index contributed by atoms with van der Waals surface area (Å²) in [5, 5.41) is 3.02. The van der Waals surface area contributed by atoms with Crippen LogP contribution in [0.4, 0.5) is 32.0 Å². The Bertz CT molecular complexity index is 1750. The first kappa shape index (κ1) is 33.7. The highest BCUT2D eigenvalue weighted by Crippen LogP contribution is 2.31. The molecule has 1 aliphatic rings. The van der Waals surface area contributed by atoms with Crippen molar-refractivity contribution in [3.8, 4) is 11.3 Å². The van der Waals surface area contributed by atoms with E-state index in [0.29, 0.717) is 24.1 Å². The van der Waals surface area contributed by atoms with E-state index in [1.54, 1.807) is 6.92 Å². The van der Waals surface area contributed by atoms with Crippen molar-refractivity contribution in [3.63, 3.8) is 0 Å². The third kappa shape index (κ3) is 7.71. The van der Waals surface area contributed by atoms with Gasteiger partial charge in [-0.25, -0.2) is 20.2 Å². The number of hydrazine groups is 1. The summed E-state index contributed by atoms with van der Waals surface area (Å²) in [7, 11) is 0. The number of amides is 1. The highest BCUT2D eigenvalue weighted by Gasteiger charge is 2.32. The molecular formula is C29H29F6N9O2. The Hall–Kier alpha value is -5.19. The second-order valence-electron chi connectivity index (χ2n) is 10.3. The van der Waals surface area contributed by atoms with Gasteiger partial charge in [-0.3, -0.25) is 24.1 Å². The number of halogens is 6. The van der Waals surface area contributed by atoms with Gasteiger partial charge < -0.3 is 16.8 Å². The highest BCUT2D eigenvalue weighted by atomic mass is 19.4. The predicted molar refractivity (Wildman–Crippen MR) is 157 cm³/mol. The summed E-state index contributed by atoms with van der Waals surface area (Å²) in [6, 6.07) is 6.17. The number of aromatic nitrogens is 3. The number of pyridine rings is 1. The lowest BCUT2D eigenvalue weighted by Crippen LogP contribution is -2.34.